The zero-order chi connectivity index (χ0) is 12.7. The van der Waals surface area contributed by atoms with Gasteiger partial charge in [-0.15, -0.1) is 0 Å². The fraction of sp³-hybridized carbons (Fsp3) is 0.267. The number of carbonyl (C=O) groups is 1. The van der Waals surface area contributed by atoms with E-state index in [1.54, 1.807) is 0 Å². The Morgan fingerprint density at radius 2 is 1.89 bits per heavy atom. The van der Waals surface area contributed by atoms with Gasteiger partial charge in [0.15, 0.2) is 0 Å². The molecule has 18 heavy (non-hydrogen) atoms. The maximum atomic E-state index is 11.8. The standard InChI is InChI=1S/C15H16N2O/c1-3-17(4-2)13-9-8-11-14-10(13)6-5-7-12(14)16-15(11)18/h5-9H,3-4H2,1-2H3,(H,16,18). The van der Waals surface area contributed by atoms with Crippen LogP contribution in [-0.4, -0.2) is 19.0 Å². The van der Waals surface area contributed by atoms with E-state index in [0.717, 1.165) is 35.1 Å². The van der Waals surface area contributed by atoms with E-state index >= 15 is 0 Å². The molecule has 0 aromatic heterocycles. The lowest BCUT2D eigenvalue weighted by Gasteiger charge is -2.23. The molecule has 2 aromatic carbocycles. The molecule has 3 rings (SSSR count). The number of rotatable bonds is 3. The van der Waals surface area contributed by atoms with Crippen LogP contribution in [0, 0.1) is 0 Å². The summed E-state index contributed by atoms with van der Waals surface area (Å²) in [6.45, 7) is 6.24. The first-order valence-electron chi connectivity index (χ1n) is 6.38. The van der Waals surface area contributed by atoms with Crippen molar-refractivity contribution in [2.45, 2.75) is 13.8 Å². The molecule has 92 valence electrons. The van der Waals surface area contributed by atoms with Crippen LogP contribution >= 0.6 is 0 Å². The van der Waals surface area contributed by atoms with Crippen LogP contribution in [0.1, 0.15) is 24.2 Å². The van der Waals surface area contributed by atoms with Crippen molar-refractivity contribution >= 4 is 28.1 Å². The Kier molecular flexibility index (Phi) is 2.47. The van der Waals surface area contributed by atoms with Crippen LogP contribution in [-0.2, 0) is 0 Å². The molecule has 1 aliphatic rings. The van der Waals surface area contributed by atoms with Gasteiger partial charge in [-0.05, 0) is 32.0 Å². The molecule has 0 aliphatic carbocycles. The lowest BCUT2D eigenvalue weighted by Crippen LogP contribution is -2.22. The predicted molar refractivity (Wildman–Crippen MR) is 75.5 cm³/mol. The summed E-state index contributed by atoms with van der Waals surface area (Å²) in [6.07, 6.45) is 0. The minimum Gasteiger partial charge on any atom is -0.372 e. The Morgan fingerprint density at radius 3 is 2.61 bits per heavy atom. The van der Waals surface area contributed by atoms with Crippen LogP contribution in [0.25, 0.3) is 10.8 Å². The van der Waals surface area contributed by atoms with Gasteiger partial charge in [-0.2, -0.15) is 0 Å². The Labute approximate surface area is 106 Å². The van der Waals surface area contributed by atoms with E-state index < -0.39 is 0 Å². The van der Waals surface area contributed by atoms with Crippen molar-refractivity contribution < 1.29 is 4.79 Å². The summed E-state index contributed by atoms with van der Waals surface area (Å²) in [6, 6.07) is 10.0. The van der Waals surface area contributed by atoms with Crippen molar-refractivity contribution in [3.8, 4) is 0 Å². The van der Waals surface area contributed by atoms with E-state index in [1.165, 1.54) is 5.69 Å². The molecule has 2 aromatic rings. The van der Waals surface area contributed by atoms with Crippen LogP contribution in [0.15, 0.2) is 30.3 Å². The largest absolute Gasteiger partial charge is 0.372 e. The van der Waals surface area contributed by atoms with Gasteiger partial charge < -0.3 is 10.2 Å². The van der Waals surface area contributed by atoms with E-state index in [9.17, 15) is 4.79 Å². The van der Waals surface area contributed by atoms with Crippen molar-refractivity contribution in [1.82, 2.24) is 0 Å². The third-order valence-electron chi connectivity index (χ3n) is 3.61. The summed E-state index contributed by atoms with van der Waals surface area (Å²) in [5.41, 5.74) is 2.93. The number of anilines is 2. The molecule has 0 unspecified atom stereocenters. The summed E-state index contributed by atoms with van der Waals surface area (Å²) in [7, 11) is 0. The normalized spacial score (nSPS) is 12.9. The maximum Gasteiger partial charge on any atom is 0.256 e. The monoisotopic (exact) mass is 240 g/mol. The molecule has 0 radical (unpaired) electrons. The molecule has 3 heteroatoms. The zero-order valence-electron chi connectivity index (χ0n) is 10.7. The van der Waals surface area contributed by atoms with Crippen LogP contribution in [0.5, 0.6) is 0 Å². The molecule has 0 bridgehead atoms. The fourth-order valence-electron chi connectivity index (χ4n) is 2.71. The number of hydrogen-bond donors (Lipinski definition) is 1. The first kappa shape index (κ1) is 11.1. The average Bonchev–Trinajstić information content (AvgIpc) is 2.72. The van der Waals surface area contributed by atoms with E-state index in [-0.39, 0.29) is 5.91 Å². The smallest absolute Gasteiger partial charge is 0.256 e. The third-order valence-corrected chi connectivity index (χ3v) is 3.61. The second kappa shape index (κ2) is 4.02. The van der Waals surface area contributed by atoms with Crippen molar-refractivity contribution in [2.75, 3.05) is 23.3 Å². The topological polar surface area (TPSA) is 32.3 Å². The highest BCUT2D eigenvalue weighted by Gasteiger charge is 2.23. The number of amides is 1. The number of nitrogens with zero attached hydrogens (tertiary/aromatic N) is 1. The second-order valence-corrected chi connectivity index (χ2v) is 4.49. The Morgan fingerprint density at radius 1 is 1.11 bits per heavy atom. The van der Waals surface area contributed by atoms with Gasteiger partial charge in [0, 0.05) is 40.8 Å². The quantitative estimate of drug-likeness (QED) is 0.893. The SMILES string of the molecule is CCN(CC)c1ccc2c3c(cccc13)NC2=O. The highest BCUT2D eigenvalue weighted by atomic mass is 16.1. The maximum absolute atomic E-state index is 11.8. The minimum atomic E-state index is 0.00676. The molecule has 0 atom stereocenters. The lowest BCUT2D eigenvalue weighted by atomic mass is 10.0. The van der Waals surface area contributed by atoms with Gasteiger partial charge in [0.2, 0.25) is 0 Å². The van der Waals surface area contributed by atoms with Crippen LogP contribution in [0.4, 0.5) is 11.4 Å². The van der Waals surface area contributed by atoms with E-state index in [1.807, 2.05) is 18.2 Å². The number of nitrogens with one attached hydrogen (secondary N) is 1. The third kappa shape index (κ3) is 1.40. The average molecular weight is 240 g/mol. The molecule has 0 saturated heterocycles. The number of hydrogen-bond acceptors (Lipinski definition) is 2. The van der Waals surface area contributed by atoms with Gasteiger partial charge in [0.05, 0.1) is 0 Å². The van der Waals surface area contributed by atoms with E-state index in [0.29, 0.717) is 0 Å². The summed E-state index contributed by atoms with van der Waals surface area (Å²) in [5, 5.41) is 5.14. The van der Waals surface area contributed by atoms with E-state index in [4.69, 9.17) is 0 Å². The van der Waals surface area contributed by atoms with Crippen molar-refractivity contribution in [1.29, 1.82) is 0 Å². The Hall–Kier alpha value is -2.03. The van der Waals surface area contributed by atoms with Crippen LogP contribution < -0.4 is 10.2 Å². The molecule has 0 spiro atoms. The summed E-state index contributed by atoms with van der Waals surface area (Å²) in [5.74, 6) is 0.00676. The molecule has 1 amide bonds. The Balaban J connectivity index is 2.32. The van der Waals surface area contributed by atoms with E-state index in [2.05, 4.69) is 36.2 Å². The highest BCUT2D eigenvalue weighted by molar-refractivity contribution is 6.25. The number of carbonyl (C=O) groups excluding carboxylic acids is 1. The van der Waals surface area contributed by atoms with Crippen molar-refractivity contribution in [3.63, 3.8) is 0 Å². The molecule has 0 saturated carbocycles. The van der Waals surface area contributed by atoms with Gasteiger partial charge >= 0.3 is 0 Å². The molecule has 0 fully saturated rings. The second-order valence-electron chi connectivity index (χ2n) is 4.49. The van der Waals surface area contributed by atoms with Crippen molar-refractivity contribution in [2.24, 2.45) is 0 Å². The van der Waals surface area contributed by atoms with Gasteiger partial charge in [-0.1, -0.05) is 12.1 Å². The predicted octanol–water partition coefficient (Wildman–Crippen LogP) is 3.25. The summed E-state index contributed by atoms with van der Waals surface area (Å²) >= 11 is 0. The van der Waals surface area contributed by atoms with Gasteiger partial charge in [-0.3, -0.25) is 4.79 Å². The first-order valence-corrected chi connectivity index (χ1v) is 6.38. The molecule has 1 heterocycles. The van der Waals surface area contributed by atoms with Gasteiger partial charge in [-0.25, -0.2) is 0 Å². The van der Waals surface area contributed by atoms with Crippen LogP contribution in [0.2, 0.25) is 0 Å². The fourth-order valence-corrected chi connectivity index (χ4v) is 2.71. The number of benzene rings is 2. The molecule has 3 nitrogen and oxygen atoms in total. The minimum absolute atomic E-state index is 0.00676. The molecule has 1 aliphatic heterocycles. The summed E-state index contributed by atoms with van der Waals surface area (Å²) in [4.78, 5) is 14.2. The molecular formula is C15H16N2O. The van der Waals surface area contributed by atoms with Gasteiger partial charge in [0.25, 0.3) is 5.91 Å². The highest BCUT2D eigenvalue weighted by Crippen LogP contribution is 2.38. The van der Waals surface area contributed by atoms with Crippen molar-refractivity contribution in [3.05, 3.63) is 35.9 Å². The Bertz CT molecular complexity index is 630. The first-order chi connectivity index (χ1) is 8.76. The van der Waals surface area contributed by atoms with Crippen LogP contribution in [0.3, 0.4) is 0 Å². The zero-order valence-corrected chi connectivity index (χ0v) is 10.7. The molecular weight excluding hydrogens is 224 g/mol. The summed E-state index contributed by atoms with van der Waals surface area (Å²) < 4.78 is 0. The van der Waals surface area contributed by atoms with Gasteiger partial charge in [0.1, 0.15) is 0 Å². The lowest BCUT2D eigenvalue weighted by molar-refractivity contribution is 0.103. The molecule has 1 N–H and O–H groups in total.